The molecule has 0 saturated carbocycles. The fraction of sp³-hybridized carbons (Fsp3) is 0.818. The van der Waals surface area contributed by atoms with E-state index in [2.05, 4.69) is 9.59 Å². The lowest BCUT2D eigenvalue weighted by atomic mass is 9.81. The van der Waals surface area contributed by atoms with Crippen LogP contribution in [0.1, 0.15) is 31.1 Å². The summed E-state index contributed by atoms with van der Waals surface area (Å²) in [6.45, 7) is 0.764. The van der Waals surface area contributed by atoms with Gasteiger partial charge in [0.1, 0.15) is 11.8 Å². The van der Waals surface area contributed by atoms with Gasteiger partial charge in [0.05, 0.1) is 5.60 Å². The highest BCUT2D eigenvalue weighted by molar-refractivity contribution is 7.99. The molecule has 3 rings (SSSR count). The minimum absolute atomic E-state index is 0.0258. The molecular weight excluding hydrogens is 256 g/mol. The van der Waals surface area contributed by atoms with Crippen molar-refractivity contribution in [1.29, 1.82) is 0 Å². The average Bonchev–Trinajstić information content (AvgIpc) is 3.00. The molecule has 94 valence electrons. The Kier molecular flexibility index (Phi) is 3.38. The number of aliphatic hydroxyl groups is 1. The number of nitrogens with zero attached hydrogens (tertiary/aromatic N) is 2. The standard InChI is InChI=1S/C11H16N2O2S2/c14-10(9-6-17-13-12-9)8-1-3-15-11(5-8)2-4-16-7-11/h6,8,10,14H,1-5,7H2. The van der Waals surface area contributed by atoms with E-state index in [-0.39, 0.29) is 11.5 Å². The van der Waals surface area contributed by atoms with Crippen LogP contribution in [0.2, 0.25) is 0 Å². The van der Waals surface area contributed by atoms with E-state index in [4.69, 9.17) is 4.74 Å². The van der Waals surface area contributed by atoms with Gasteiger partial charge in [-0.15, -0.1) is 5.10 Å². The first-order valence-corrected chi connectivity index (χ1v) is 7.95. The van der Waals surface area contributed by atoms with Gasteiger partial charge in [0.15, 0.2) is 0 Å². The quantitative estimate of drug-likeness (QED) is 0.891. The van der Waals surface area contributed by atoms with Crippen LogP contribution < -0.4 is 0 Å². The van der Waals surface area contributed by atoms with Gasteiger partial charge in [0, 0.05) is 17.7 Å². The minimum Gasteiger partial charge on any atom is -0.386 e. The summed E-state index contributed by atoms with van der Waals surface area (Å²) >= 11 is 3.26. The fourth-order valence-corrected chi connectivity index (χ4v) is 4.60. The molecule has 1 aromatic heterocycles. The van der Waals surface area contributed by atoms with Crippen molar-refractivity contribution in [3.05, 3.63) is 11.1 Å². The van der Waals surface area contributed by atoms with Gasteiger partial charge in [-0.1, -0.05) is 4.49 Å². The van der Waals surface area contributed by atoms with Crippen LogP contribution in [0, 0.1) is 5.92 Å². The van der Waals surface area contributed by atoms with Crippen molar-refractivity contribution in [3.63, 3.8) is 0 Å². The molecule has 3 heterocycles. The molecule has 0 aliphatic carbocycles. The normalized spacial score (nSPS) is 35.2. The first-order valence-electron chi connectivity index (χ1n) is 5.96. The second-order valence-electron chi connectivity index (χ2n) is 4.86. The van der Waals surface area contributed by atoms with Gasteiger partial charge in [-0.2, -0.15) is 11.8 Å². The van der Waals surface area contributed by atoms with E-state index in [0.717, 1.165) is 37.3 Å². The zero-order chi connectivity index (χ0) is 11.7. The third-order valence-corrected chi connectivity index (χ3v) is 5.47. The Morgan fingerprint density at radius 2 is 2.53 bits per heavy atom. The van der Waals surface area contributed by atoms with Gasteiger partial charge in [0.25, 0.3) is 0 Å². The first-order chi connectivity index (χ1) is 8.29. The Labute approximate surface area is 109 Å². The number of hydrogen-bond donors (Lipinski definition) is 1. The van der Waals surface area contributed by atoms with Crippen molar-refractivity contribution < 1.29 is 9.84 Å². The third-order valence-electron chi connectivity index (χ3n) is 3.72. The van der Waals surface area contributed by atoms with Crippen LogP contribution in [0.5, 0.6) is 0 Å². The largest absolute Gasteiger partial charge is 0.386 e. The molecule has 1 N–H and O–H groups in total. The number of thioether (sulfide) groups is 1. The van der Waals surface area contributed by atoms with Crippen LogP contribution in [0.4, 0.5) is 0 Å². The molecule has 0 radical (unpaired) electrons. The SMILES string of the molecule is OC(c1csnn1)C1CCOC2(CCSC2)C1. The molecule has 0 bridgehead atoms. The lowest BCUT2D eigenvalue weighted by molar-refractivity contribution is -0.102. The van der Waals surface area contributed by atoms with Gasteiger partial charge < -0.3 is 9.84 Å². The van der Waals surface area contributed by atoms with Gasteiger partial charge in [-0.3, -0.25) is 0 Å². The number of rotatable bonds is 2. The minimum atomic E-state index is -0.472. The Morgan fingerprint density at radius 1 is 1.59 bits per heavy atom. The second-order valence-corrected chi connectivity index (χ2v) is 6.58. The number of ether oxygens (including phenoxy) is 1. The molecule has 1 spiro atoms. The summed E-state index contributed by atoms with van der Waals surface area (Å²) in [6.07, 6.45) is 2.53. The molecule has 6 heteroatoms. The number of aromatic nitrogens is 2. The van der Waals surface area contributed by atoms with Crippen molar-refractivity contribution in [2.24, 2.45) is 5.92 Å². The predicted molar refractivity (Wildman–Crippen MR) is 68.2 cm³/mol. The van der Waals surface area contributed by atoms with Crippen LogP contribution in [0.25, 0.3) is 0 Å². The summed E-state index contributed by atoms with van der Waals surface area (Å²) in [5.74, 6) is 2.53. The topological polar surface area (TPSA) is 55.2 Å². The van der Waals surface area contributed by atoms with Gasteiger partial charge in [0.2, 0.25) is 0 Å². The summed E-state index contributed by atoms with van der Waals surface area (Å²) in [4.78, 5) is 0. The lowest BCUT2D eigenvalue weighted by Gasteiger charge is -2.39. The molecule has 2 aliphatic heterocycles. The molecule has 2 aliphatic rings. The maximum atomic E-state index is 10.3. The van der Waals surface area contributed by atoms with E-state index in [1.165, 1.54) is 17.3 Å². The molecule has 2 fully saturated rings. The monoisotopic (exact) mass is 272 g/mol. The highest BCUT2D eigenvalue weighted by Crippen LogP contribution is 2.43. The summed E-state index contributed by atoms with van der Waals surface area (Å²) < 4.78 is 9.78. The van der Waals surface area contributed by atoms with Crippen LogP contribution in [-0.4, -0.2) is 38.4 Å². The molecule has 17 heavy (non-hydrogen) atoms. The molecule has 3 atom stereocenters. The fourth-order valence-electron chi connectivity index (χ4n) is 2.74. The van der Waals surface area contributed by atoms with Crippen molar-refractivity contribution in [2.75, 3.05) is 18.1 Å². The second kappa shape index (κ2) is 4.84. The lowest BCUT2D eigenvalue weighted by Crippen LogP contribution is -2.41. The van der Waals surface area contributed by atoms with E-state index in [0.29, 0.717) is 0 Å². The van der Waals surface area contributed by atoms with E-state index in [1.54, 1.807) is 0 Å². The van der Waals surface area contributed by atoms with E-state index < -0.39 is 6.10 Å². The van der Waals surface area contributed by atoms with Crippen LogP contribution in [0.3, 0.4) is 0 Å². The zero-order valence-electron chi connectivity index (χ0n) is 9.54. The van der Waals surface area contributed by atoms with Crippen molar-refractivity contribution in [1.82, 2.24) is 9.59 Å². The van der Waals surface area contributed by atoms with Crippen LogP contribution in [-0.2, 0) is 4.74 Å². The summed E-state index contributed by atoms with van der Waals surface area (Å²) in [6, 6.07) is 0. The average molecular weight is 272 g/mol. The molecule has 4 nitrogen and oxygen atoms in total. The molecule has 0 aromatic carbocycles. The van der Waals surface area contributed by atoms with Gasteiger partial charge >= 0.3 is 0 Å². The summed E-state index contributed by atoms with van der Waals surface area (Å²) in [5.41, 5.74) is 0.751. The molecule has 3 unspecified atom stereocenters. The maximum Gasteiger partial charge on any atom is 0.104 e. The third kappa shape index (κ3) is 2.36. The van der Waals surface area contributed by atoms with Crippen LogP contribution >= 0.6 is 23.3 Å². The van der Waals surface area contributed by atoms with E-state index in [1.807, 2.05) is 17.1 Å². The van der Waals surface area contributed by atoms with E-state index in [9.17, 15) is 5.11 Å². The Hall–Kier alpha value is -0.170. The Balaban J connectivity index is 1.71. The smallest absolute Gasteiger partial charge is 0.104 e. The van der Waals surface area contributed by atoms with Crippen molar-refractivity contribution >= 4 is 23.3 Å². The first kappa shape index (κ1) is 11.9. The van der Waals surface area contributed by atoms with Crippen molar-refractivity contribution in [2.45, 2.75) is 31.0 Å². The van der Waals surface area contributed by atoms with Gasteiger partial charge in [-0.25, -0.2) is 0 Å². The Bertz CT molecular complexity index is 366. The molecule has 0 amide bonds. The summed E-state index contributed by atoms with van der Waals surface area (Å²) in [5, 5.41) is 16.1. The number of hydrogen-bond acceptors (Lipinski definition) is 6. The molecular formula is C11H16N2O2S2. The van der Waals surface area contributed by atoms with Crippen molar-refractivity contribution in [3.8, 4) is 0 Å². The molecule has 2 saturated heterocycles. The van der Waals surface area contributed by atoms with Gasteiger partial charge in [-0.05, 0) is 42.5 Å². The predicted octanol–water partition coefficient (Wildman–Crippen LogP) is 1.87. The Morgan fingerprint density at radius 3 is 3.24 bits per heavy atom. The van der Waals surface area contributed by atoms with E-state index >= 15 is 0 Å². The van der Waals surface area contributed by atoms with Crippen LogP contribution in [0.15, 0.2) is 5.38 Å². The highest BCUT2D eigenvalue weighted by Gasteiger charge is 2.42. The zero-order valence-corrected chi connectivity index (χ0v) is 11.2. The molecule has 1 aromatic rings. The summed E-state index contributed by atoms with van der Waals surface area (Å²) in [7, 11) is 0. The highest BCUT2D eigenvalue weighted by atomic mass is 32.2. The number of aliphatic hydroxyl groups excluding tert-OH is 1. The maximum absolute atomic E-state index is 10.3.